The molecule has 1 aliphatic rings. The molecule has 1 atom stereocenters. The van der Waals surface area contributed by atoms with Gasteiger partial charge in [-0.2, -0.15) is 12.6 Å². The van der Waals surface area contributed by atoms with Gasteiger partial charge in [-0.1, -0.05) is 19.8 Å². The van der Waals surface area contributed by atoms with Gasteiger partial charge < -0.3 is 0 Å². The van der Waals surface area contributed by atoms with Crippen LogP contribution in [0.25, 0.3) is 0 Å². The number of hydrogen-bond donors (Lipinski definition) is 1. The standard InChI is InChI=1S/C11H19NO2S/c1-9-8-10(13)12(11(9)14)6-4-2-3-5-7-15/h9,15H,2-8H2,1H3. The maximum absolute atomic E-state index is 11.5. The van der Waals surface area contributed by atoms with Gasteiger partial charge in [-0.05, 0) is 18.6 Å². The Balaban J connectivity index is 2.21. The van der Waals surface area contributed by atoms with Gasteiger partial charge in [-0.25, -0.2) is 0 Å². The Morgan fingerprint density at radius 3 is 2.47 bits per heavy atom. The summed E-state index contributed by atoms with van der Waals surface area (Å²) in [6, 6.07) is 0. The van der Waals surface area contributed by atoms with Crippen molar-refractivity contribution in [2.45, 2.75) is 39.0 Å². The number of unbranched alkanes of at least 4 members (excludes halogenated alkanes) is 3. The van der Waals surface area contributed by atoms with E-state index in [-0.39, 0.29) is 17.7 Å². The highest BCUT2D eigenvalue weighted by molar-refractivity contribution is 7.80. The predicted molar refractivity (Wildman–Crippen MR) is 62.8 cm³/mol. The minimum Gasteiger partial charge on any atom is -0.282 e. The number of imide groups is 1. The van der Waals surface area contributed by atoms with Crippen molar-refractivity contribution < 1.29 is 9.59 Å². The molecule has 0 aliphatic carbocycles. The summed E-state index contributed by atoms with van der Waals surface area (Å²) in [7, 11) is 0. The van der Waals surface area contributed by atoms with Gasteiger partial charge in [-0.15, -0.1) is 0 Å². The fourth-order valence-corrected chi connectivity index (χ4v) is 2.04. The van der Waals surface area contributed by atoms with Crippen molar-refractivity contribution in [2.24, 2.45) is 5.92 Å². The van der Waals surface area contributed by atoms with Gasteiger partial charge >= 0.3 is 0 Å². The number of carbonyl (C=O) groups excluding carboxylic acids is 2. The molecule has 0 radical (unpaired) electrons. The van der Waals surface area contributed by atoms with E-state index in [0.717, 1.165) is 31.4 Å². The van der Waals surface area contributed by atoms with E-state index in [0.29, 0.717) is 13.0 Å². The number of carbonyl (C=O) groups is 2. The molecule has 15 heavy (non-hydrogen) atoms. The maximum atomic E-state index is 11.5. The smallest absolute Gasteiger partial charge is 0.232 e. The molecule has 0 bridgehead atoms. The lowest BCUT2D eigenvalue weighted by atomic mass is 10.1. The highest BCUT2D eigenvalue weighted by atomic mass is 32.1. The molecule has 3 nitrogen and oxygen atoms in total. The lowest BCUT2D eigenvalue weighted by molar-refractivity contribution is -0.139. The number of rotatable bonds is 6. The van der Waals surface area contributed by atoms with E-state index in [1.165, 1.54) is 4.90 Å². The van der Waals surface area contributed by atoms with Crippen LogP contribution in [-0.2, 0) is 9.59 Å². The van der Waals surface area contributed by atoms with Gasteiger partial charge in [0.15, 0.2) is 0 Å². The largest absolute Gasteiger partial charge is 0.282 e. The SMILES string of the molecule is CC1CC(=O)N(CCCCCCS)C1=O. The van der Waals surface area contributed by atoms with E-state index < -0.39 is 0 Å². The van der Waals surface area contributed by atoms with Gasteiger partial charge in [0.1, 0.15) is 0 Å². The minimum absolute atomic E-state index is 0.00157. The zero-order valence-corrected chi connectivity index (χ0v) is 10.1. The second kappa shape index (κ2) is 6.16. The number of nitrogens with zero attached hydrogens (tertiary/aromatic N) is 1. The Hall–Kier alpha value is -0.510. The average Bonchev–Trinajstić information content (AvgIpc) is 2.44. The van der Waals surface area contributed by atoms with Crippen LogP contribution in [0.3, 0.4) is 0 Å². The Labute approximate surface area is 96.6 Å². The van der Waals surface area contributed by atoms with Crippen molar-refractivity contribution in [3.8, 4) is 0 Å². The van der Waals surface area contributed by atoms with Crippen molar-refractivity contribution in [1.82, 2.24) is 4.90 Å². The molecule has 0 aromatic carbocycles. The molecule has 2 amide bonds. The molecule has 1 unspecified atom stereocenters. The Kier molecular flexibility index (Phi) is 5.15. The molecule has 1 heterocycles. The fourth-order valence-electron chi connectivity index (χ4n) is 1.82. The molecule has 4 heteroatoms. The number of likely N-dealkylation sites (tertiary alicyclic amines) is 1. The molecule has 1 rings (SSSR count). The maximum Gasteiger partial charge on any atom is 0.232 e. The van der Waals surface area contributed by atoms with E-state index in [9.17, 15) is 9.59 Å². The van der Waals surface area contributed by atoms with Crippen molar-refractivity contribution in [1.29, 1.82) is 0 Å². The van der Waals surface area contributed by atoms with Crippen LogP contribution in [0.5, 0.6) is 0 Å². The van der Waals surface area contributed by atoms with Crippen molar-refractivity contribution >= 4 is 24.4 Å². The zero-order valence-electron chi connectivity index (χ0n) is 9.24. The van der Waals surface area contributed by atoms with Gasteiger partial charge in [0, 0.05) is 18.9 Å². The van der Waals surface area contributed by atoms with Crippen molar-refractivity contribution in [2.75, 3.05) is 12.3 Å². The molecule has 0 aromatic rings. The number of thiol groups is 1. The Morgan fingerprint density at radius 2 is 1.93 bits per heavy atom. The lowest BCUT2D eigenvalue weighted by Crippen LogP contribution is -2.31. The third-order valence-corrected chi connectivity index (χ3v) is 3.08. The highest BCUT2D eigenvalue weighted by Crippen LogP contribution is 2.19. The Bertz CT molecular complexity index is 243. The summed E-state index contributed by atoms with van der Waals surface area (Å²) < 4.78 is 0. The van der Waals surface area contributed by atoms with Crippen LogP contribution in [0.4, 0.5) is 0 Å². The molecule has 0 N–H and O–H groups in total. The van der Waals surface area contributed by atoms with Crippen LogP contribution >= 0.6 is 12.6 Å². The molecule has 0 saturated carbocycles. The quantitative estimate of drug-likeness (QED) is 0.429. The summed E-state index contributed by atoms with van der Waals surface area (Å²) in [6.45, 7) is 2.43. The first-order valence-electron chi connectivity index (χ1n) is 5.62. The average molecular weight is 229 g/mol. The molecule has 86 valence electrons. The van der Waals surface area contributed by atoms with E-state index in [2.05, 4.69) is 12.6 Å². The topological polar surface area (TPSA) is 37.4 Å². The first-order chi connectivity index (χ1) is 7.16. The molecule has 1 saturated heterocycles. The normalized spacial score (nSPS) is 21.5. The molecule has 0 aromatic heterocycles. The summed E-state index contributed by atoms with van der Waals surface area (Å²) in [5.74, 6) is 0.823. The molecule has 1 fully saturated rings. The molecule has 1 aliphatic heterocycles. The third-order valence-electron chi connectivity index (χ3n) is 2.76. The van der Waals surface area contributed by atoms with Gasteiger partial charge in [-0.3, -0.25) is 14.5 Å². The molecular weight excluding hydrogens is 210 g/mol. The predicted octanol–water partition coefficient (Wildman–Crippen LogP) is 1.87. The van der Waals surface area contributed by atoms with Gasteiger partial charge in [0.25, 0.3) is 0 Å². The summed E-state index contributed by atoms with van der Waals surface area (Å²) in [4.78, 5) is 24.4. The van der Waals surface area contributed by atoms with Gasteiger partial charge in [0.05, 0.1) is 0 Å². The van der Waals surface area contributed by atoms with E-state index in [1.54, 1.807) is 0 Å². The lowest BCUT2D eigenvalue weighted by Gasteiger charge is -2.13. The first kappa shape index (κ1) is 12.6. The van der Waals surface area contributed by atoms with Gasteiger partial charge in [0.2, 0.25) is 11.8 Å². The van der Waals surface area contributed by atoms with E-state index in [4.69, 9.17) is 0 Å². The highest BCUT2D eigenvalue weighted by Gasteiger charge is 2.34. The summed E-state index contributed by atoms with van der Waals surface area (Å²) in [6.07, 6.45) is 4.65. The van der Waals surface area contributed by atoms with Crippen LogP contribution in [0.1, 0.15) is 39.0 Å². The fraction of sp³-hybridized carbons (Fsp3) is 0.818. The zero-order chi connectivity index (χ0) is 11.3. The van der Waals surface area contributed by atoms with Crippen LogP contribution in [0.15, 0.2) is 0 Å². The summed E-state index contributed by atoms with van der Waals surface area (Å²) in [5.41, 5.74) is 0. The third kappa shape index (κ3) is 3.52. The van der Waals surface area contributed by atoms with Crippen LogP contribution in [0, 0.1) is 5.92 Å². The van der Waals surface area contributed by atoms with E-state index in [1.807, 2.05) is 6.92 Å². The monoisotopic (exact) mass is 229 g/mol. The van der Waals surface area contributed by atoms with Crippen LogP contribution < -0.4 is 0 Å². The first-order valence-corrected chi connectivity index (χ1v) is 6.25. The van der Waals surface area contributed by atoms with E-state index >= 15 is 0 Å². The number of amides is 2. The second-order valence-corrected chi connectivity index (χ2v) is 4.57. The molecule has 0 spiro atoms. The summed E-state index contributed by atoms with van der Waals surface area (Å²) in [5, 5.41) is 0. The Morgan fingerprint density at radius 1 is 1.27 bits per heavy atom. The van der Waals surface area contributed by atoms with Crippen molar-refractivity contribution in [3.63, 3.8) is 0 Å². The van der Waals surface area contributed by atoms with Crippen LogP contribution in [0.2, 0.25) is 0 Å². The summed E-state index contributed by atoms with van der Waals surface area (Å²) >= 11 is 4.13. The molecular formula is C11H19NO2S. The van der Waals surface area contributed by atoms with Crippen molar-refractivity contribution in [3.05, 3.63) is 0 Å². The minimum atomic E-state index is -0.102. The second-order valence-electron chi connectivity index (χ2n) is 4.13. The number of hydrogen-bond acceptors (Lipinski definition) is 3. The van der Waals surface area contributed by atoms with Crippen LogP contribution in [-0.4, -0.2) is 29.0 Å².